The lowest BCUT2D eigenvalue weighted by Gasteiger charge is -2.20. The molecular formula is C21H26N2O4. The highest BCUT2D eigenvalue weighted by Gasteiger charge is 2.22. The SMILES string of the molecule is CNC(=O)c1cc(C(=O)OC(C)(C)C)cc(C(C)c2cccc(OC)c2)n1. The van der Waals surface area contributed by atoms with Gasteiger partial charge in [0.05, 0.1) is 12.7 Å². The minimum absolute atomic E-state index is 0.147. The fourth-order valence-corrected chi connectivity index (χ4v) is 2.55. The summed E-state index contributed by atoms with van der Waals surface area (Å²) >= 11 is 0. The first-order valence-electron chi connectivity index (χ1n) is 8.76. The van der Waals surface area contributed by atoms with Gasteiger partial charge in [0.1, 0.15) is 17.0 Å². The van der Waals surface area contributed by atoms with Gasteiger partial charge >= 0.3 is 5.97 Å². The summed E-state index contributed by atoms with van der Waals surface area (Å²) in [5.41, 5.74) is 1.40. The number of methoxy groups -OCH3 is 1. The molecule has 144 valence electrons. The van der Waals surface area contributed by atoms with Crippen molar-refractivity contribution >= 4 is 11.9 Å². The molecule has 1 aromatic carbocycles. The van der Waals surface area contributed by atoms with Crippen LogP contribution >= 0.6 is 0 Å². The molecule has 0 bridgehead atoms. The third-order valence-electron chi connectivity index (χ3n) is 3.98. The van der Waals surface area contributed by atoms with Gasteiger partial charge in [-0.1, -0.05) is 19.1 Å². The fourth-order valence-electron chi connectivity index (χ4n) is 2.55. The Labute approximate surface area is 159 Å². The normalized spacial score (nSPS) is 12.2. The lowest BCUT2D eigenvalue weighted by atomic mass is 9.95. The Bertz CT molecular complexity index is 840. The van der Waals surface area contributed by atoms with Crippen molar-refractivity contribution in [2.75, 3.05) is 14.2 Å². The van der Waals surface area contributed by atoms with Gasteiger partial charge in [-0.3, -0.25) is 4.79 Å². The molecule has 6 heteroatoms. The number of hydrogen-bond donors (Lipinski definition) is 1. The predicted molar refractivity (Wildman–Crippen MR) is 103 cm³/mol. The van der Waals surface area contributed by atoms with Gasteiger partial charge in [-0.2, -0.15) is 0 Å². The highest BCUT2D eigenvalue weighted by atomic mass is 16.6. The molecule has 1 aromatic heterocycles. The summed E-state index contributed by atoms with van der Waals surface area (Å²) in [7, 11) is 3.13. The molecule has 1 heterocycles. The van der Waals surface area contributed by atoms with Crippen molar-refractivity contribution in [2.45, 2.75) is 39.2 Å². The van der Waals surface area contributed by atoms with Crippen LogP contribution in [0, 0.1) is 0 Å². The molecule has 1 unspecified atom stereocenters. The first-order chi connectivity index (χ1) is 12.6. The summed E-state index contributed by atoms with van der Waals surface area (Å²) in [5, 5.41) is 2.55. The lowest BCUT2D eigenvalue weighted by Crippen LogP contribution is -2.25. The second kappa shape index (κ2) is 8.20. The Morgan fingerprint density at radius 3 is 2.44 bits per heavy atom. The molecule has 2 rings (SSSR count). The maximum Gasteiger partial charge on any atom is 0.338 e. The molecule has 0 saturated carbocycles. The standard InChI is InChI=1S/C21H26N2O4/c1-13(14-8-7-9-16(10-14)26-6)17-11-15(20(25)27-21(2,3)4)12-18(23-17)19(24)22-5/h7-13H,1-6H3,(H,22,24). The van der Waals surface area contributed by atoms with Gasteiger partial charge in [-0.05, 0) is 50.6 Å². The third kappa shape index (κ3) is 5.29. The van der Waals surface area contributed by atoms with Crippen LogP contribution in [0.3, 0.4) is 0 Å². The van der Waals surface area contributed by atoms with Crippen LogP contribution < -0.4 is 10.1 Å². The highest BCUT2D eigenvalue weighted by Crippen LogP contribution is 2.27. The van der Waals surface area contributed by atoms with Crippen LogP contribution in [0.25, 0.3) is 0 Å². The molecule has 0 aliphatic carbocycles. The number of esters is 1. The summed E-state index contributed by atoms with van der Waals surface area (Å²) < 4.78 is 10.7. The van der Waals surface area contributed by atoms with Gasteiger partial charge in [-0.15, -0.1) is 0 Å². The topological polar surface area (TPSA) is 77.5 Å². The molecule has 0 aliphatic rings. The number of carbonyl (C=O) groups excluding carboxylic acids is 2. The molecule has 2 aromatic rings. The van der Waals surface area contributed by atoms with Crippen LogP contribution in [-0.2, 0) is 4.74 Å². The summed E-state index contributed by atoms with van der Waals surface area (Å²) in [6.07, 6.45) is 0. The van der Waals surface area contributed by atoms with Gasteiger partial charge in [0, 0.05) is 18.7 Å². The average molecular weight is 370 g/mol. The highest BCUT2D eigenvalue weighted by molar-refractivity contribution is 5.96. The number of benzene rings is 1. The smallest absolute Gasteiger partial charge is 0.338 e. The molecule has 0 spiro atoms. The van der Waals surface area contributed by atoms with Crippen LogP contribution in [0.2, 0.25) is 0 Å². The van der Waals surface area contributed by atoms with E-state index in [1.54, 1.807) is 33.9 Å². The largest absolute Gasteiger partial charge is 0.497 e. The number of amides is 1. The number of ether oxygens (including phenoxy) is 2. The summed E-state index contributed by atoms with van der Waals surface area (Å²) in [5.74, 6) is -0.270. The summed E-state index contributed by atoms with van der Waals surface area (Å²) in [4.78, 5) is 29.1. The van der Waals surface area contributed by atoms with Crippen LogP contribution in [0.5, 0.6) is 5.75 Å². The van der Waals surface area contributed by atoms with Gasteiger partial charge in [0.15, 0.2) is 0 Å². The zero-order valence-electron chi connectivity index (χ0n) is 16.6. The summed E-state index contributed by atoms with van der Waals surface area (Å²) in [6, 6.07) is 10.7. The second-order valence-corrected chi connectivity index (χ2v) is 7.25. The number of nitrogens with one attached hydrogen (secondary N) is 1. The van der Waals surface area contributed by atoms with E-state index in [1.165, 1.54) is 13.1 Å². The molecule has 27 heavy (non-hydrogen) atoms. The molecule has 0 radical (unpaired) electrons. The number of carbonyl (C=O) groups is 2. The zero-order valence-corrected chi connectivity index (χ0v) is 16.6. The Morgan fingerprint density at radius 2 is 1.85 bits per heavy atom. The van der Waals surface area contributed by atoms with Crippen molar-refractivity contribution in [3.63, 3.8) is 0 Å². The number of hydrogen-bond acceptors (Lipinski definition) is 5. The van der Waals surface area contributed by atoms with E-state index in [1.807, 2.05) is 31.2 Å². The molecule has 0 fully saturated rings. The number of rotatable bonds is 5. The molecular weight excluding hydrogens is 344 g/mol. The quantitative estimate of drug-likeness (QED) is 0.815. The minimum Gasteiger partial charge on any atom is -0.497 e. The Morgan fingerprint density at radius 1 is 1.15 bits per heavy atom. The predicted octanol–water partition coefficient (Wildman–Crippen LogP) is 3.56. The second-order valence-electron chi connectivity index (χ2n) is 7.25. The van der Waals surface area contributed by atoms with Crippen molar-refractivity contribution < 1.29 is 19.1 Å². The number of aromatic nitrogens is 1. The first-order valence-corrected chi connectivity index (χ1v) is 8.76. The number of pyridine rings is 1. The van der Waals surface area contributed by atoms with Crippen molar-refractivity contribution in [3.05, 3.63) is 58.9 Å². The maximum atomic E-state index is 12.5. The van der Waals surface area contributed by atoms with Crippen molar-refractivity contribution in [2.24, 2.45) is 0 Å². The molecule has 6 nitrogen and oxygen atoms in total. The average Bonchev–Trinajstić information content (AvgIpc) is 2.65. The molecule has 0 aliphatic heterocycles. The molecule has 1 atom stereocenters. The van der Waals surface area contributed by atoms with E-state index in [0.717, 1.165) is 11.3 Å². The van der Waals surface area contributed by atoms with Crippen LogP contribution in [0.15, 0.2) is 36.4 Å². The van der Waals surface area contributed by atoms with E-state index in [0.29, 0.717) is 11.3 Å². The minimum atomic E-state index is -0.633. The number of nitrogens with zero attached hydrogens (tertiary/aromatic N) is 1. The monoisotopic (exact) mass is 370 g/mol. The Balaban J connectivity index is 2.49. The molecule has 1 N–H and O–H groups in total. The van der Waals surface area contributed by atoms with E-state index in [9.17, 15) is 9.59 Å². The summed E-state index contributed by atoms with van der Waals surface area (Å²) in [6.45, 7) is 7.35. The maximum absolute atomic E-state index is 12.5. The van der Waals surface area contributed by atoms with Crippen molar-refractivity contribution in [3.8, 4) is 5.75 Å². The van der Waals surface area contributed by atoms with E-state index in [4.69, 9.17) is 9.47 Å². The van der Waals surface area contributed by atoms with Crippen LogP contribution in [0.1, 0.15) is 65.7 Å². The first kappa shape index (κ1) is 20.4. The molecule has 1 amide bonds. The van der Waals surface area contributed by atoms with Crippen LogP contribution in [-0.4, -0.2) is 36.6 Å². The van der Waals surface area contributed by atoms with E-state index in [2.05, 4.69) is 10.3 Å². The van der Waals surface area contributed by atoms with E-state index in [-0.39, 0.29) is 17.5 Å². The van der Waals surface area contributed by atoms with Crippen molar-refractivity contribution in [1.82, 2.24) is 10.3 Å². The van der Waals surface area contributed by atoms with Crippen molar-refractivity contribution in [1.29, 1.82) is 0 Å². The van der Waals surface area contributed by atoms with E-state index >= 15 is 0 Å². The molecule has 0 saturated heterocycles. The van der Waals surface area contributed by atoms with Gasteiger partial charge in [0.25, 0.3) is 5.91 Å². The van der Waals surface area contributed by atoms with Gasteiger partial charge in [0.2, 0.25) is 0 Å². The fraction of sp³-hybridized carbons (Fsp3) is 0.381. The Hall–Kier alpha value is -2.89. The third-order valence-corrected chi connectivity index (χ3v) is 3.98. The lowest BCUT2D eigenvalue weighted by molar-refractivity contribution is 0.00692. The van der Waals surface area contributed by atoms with Gasteiger partial charge in [-0.25, -0.2) is 9.78 Å². The van der Waals surface area contributed by atoms with Gasteiger partial charge < -0.3 is 14.8 Å². The zero-order chi connectivity index (χ0) is 20.2. The van der Waals surface area contributed by atoms with Crippen LogP contribution in [0.4, 0.5) is 0 Å². The van der Waals surface area contributed by atoms with E-state index < -0.39 is 11.6 Å². The Kier molecular flexibility index (Phi) is 6.20.